The Morgan fingerprint density at radius 2 is 2.04 bits per heavy atom. The molecule has 2 aromatic rings. The fraction of sp³-hybridized carbons (Fsp3) is 0.474. The molecule has 24 heavy (non-hydrogen) atoms. The Morgan fingerprint density at radius 1 is 1.33 bits per heavy atom. The summed E-state index contributed by atoms with van der Waals surface area (Å²) < 4.78 is 17.1. The highest BCUT2D eigenvalue weighted by Gasteiger charge is 2.41. The second-order valence-electron chi connectivity index (χ2n) is 6.86. The SMILES string of the molecule is CC[C@H](C)C(=O)O[C@@H]1Cc2c(ccc3ccc(=O)oc23)OC1(C)C. The van der Waals surface area contributed by atoms with Gasteiger partial charge in [-0.3, -0.25) is 4.79 Å². The van der Waals surface area contributed by atoms with Gasteiger partial charge in [0.05, 0.1) is 5.92 Å². The number of carbonyl (C=O) groups excluding carboxylic acids is 1. The lowest BCUT2D eigenvalue weighted by atomic mass is 9.89. The van der Waals surface area contributed by atoms with Crippen LogP contribution in [0.25, 0.3) is 11.0 Å². The molecule has 5 heteroatoms. The Labute approximate surface area is 140 Å². The standard InChI is InChI=1S/C19H22O5/c1-5-11(2)18(21)22-15-10-13-14(24-19(15,3)4)8-6-12-7-9-16(20)23-17(12)13/h6-9,11,15H,5,10H2,1-4H3/t11-,15+/m0/s1. The molecule has 0 saturated heterocycles. The highest BCUT2D eigenvalue weighted by Crippen LogP contribution is 2.38. The van der Waals surface area contributed by atoms with Gasteiger partial charge in [-0.15, -0.1) is 0 Å². The zero-order chi connectivity index (χ0) is 17.5. The second-order valence-corrected chi connectivity index (χ2v) is 6.86. The van der Waals surface area contributed by atoms with Gasteiger partial charge in [0.15, 0.2) is 0 Å². The molecule has 0 aliphatic carbocycles. The summed E-state index contributed by atoms with van der Waals surface area (Å²) in [6.07, 6.45) is 0.735. The summed E-state index contributed by atoms with van der Waals surface area (Å²) in [6, 6.07) is 6.84. The zero-order valence-corrected chi connectivity index (χ0v) is 14.4. The Bertz CT molecular complexity index is 833. The van der Waals surface area contributed by atoms with Crippen LogP contribution in [-0.2, 0) is 16.0 Å². The number of ether oxygens (including phenoxy) is 2. The van der Waals surface area contributed by atoms with Crippen molar-refractivity contribution in [2.24, 2.45) is 5.92 Å². The predicted octanol–water partition coefficient (Wildman–Crippen LogP) is 3.46. The first kappa shape index (κ1) is 16.6. The van der Waals surface area contributed by atoms with E-state index in [0.29, 0.717) is 17.8 Å². The van der Waals surface area contributed by atoms with E-state index in [1.807, 2.05) is 39.8 Å². The van der Waals surface area contributed by atoms with Crippen LogP contribution in [0.3, 0.4) is 0 Å². The van der Waals surface area contributed by atoms with Crippen molar-refractivity contribution in [3.8, 4) is 5.75 Å². The lowest BCUT2D eigenvalue weighted by Gasteiger charge is -2.39. The van der Waals surface area contributed by atoms with Crippen molar-refractivity contribution in [3.63, 3.8) is 0 Å². The molecule has 2 atom stereocenters. The summed E-state index contributed by atoms with van der Waals surface area (Å²) in [5, 5.41) is 0.823. The fourth-order valence-corrected chi connectivity index (χ4v) is 2.85. The van der Waals surface area contributed by atoms with Gasteiger partial charge < -0.3 is 13.9 Å². The van der Waals surface area contributed by atoms with Gasteiger partial charge in [0, 0.05) is 23.4 Å². The summed E-state index contributed by atoms with van der Waals surface area (Å²) >= 11 is 0. The molecule has 128 valence electrons. The number of rotatable bonds is 3. The molecule has 0 fully saturated rings. The van der Waals surface area contributed by atoms with Crippen LogP contribution in [0.4, 0.5) is 0 Å². The molecular formula is C19H22O5. The minimum absolute atomic E-state index is 0.160. The van der Waals surface area contributed by atoms with Crippen LogP contribution in [-0.4, -0.2) is 17.7 Å². The quantitative estimate of drug-likeness (QED) is 0.637. The largest absolute Gasteiger partial charge is 0.484 e. The van der Waals surface area contributed by atoms with Crippen LogP contribution in [0.1, 0.15) is 39.7 Å². The summed E-state index contributed by atoms with van der Waals surface area (Å²) in [7, 11) is 0. The Balaban J connectivity index is 2.01. The van der Waals surface area contributed by atoms with Gasteiger partial charge >= 0.3 is 11.6 Å². The van der Waals surface area contributed by atoms with E-state index in [-0.39, 0.29) is 11.9 Å². The summed E-state index contributed by atoms with van der Waals surface area (Å²) in [6.45, 7) is 7.60. The van der Waals surface area contributed by atoms with Crippen molar-refractivity contribution in [1.82, 2.24) is 0 Å². The van der Waals surface area contributed by atoms with Crippen molar-refractivity contribution < 1.29 is 18.7 Å². The van der Waals surface area contributed by atoms with E-state index in [2.05, 4.69) is 0 Å². The molecule has 0 spiro atoms. The summed E-state index contributed by atoms with van der Waals surface area (Å²) in [5.41, 5.74) is 0.208. The molecule has 1 aromatic heterocycles. The van der Waals surface area contributed by atoms with Gasteiger partial charge in [0.2, 0.25) is 0 Å². The Hall–Kier alpha value is -2.30. The first-order valence-electron chi connectivity index (χ1n) is 8.27. The van der Waals surface area contributed by atoms with Crippen LogP contribution < -0.4 is 10.4 Å². The maximum absolute atomic E-state index is 12.2. The molecule has 1 aliphatic rings. The van der Waals surface area contributed by atoms with Crippen molar-refractivity contribution in [1.29, 1.82) is 0 Å². The van der Waals surface area contributed by atoms with E-state index < -0.39 is 17.3 Å². The summed E-state index contributed by atoms with van der Waals surface area (Å²) in [5.74, 6) is 0.273. The van der Waals surface area contributed by atoms with Gasteiger partial charge in [-0.25, -0.2) is 4.79 Å². The third-order valence-electron chi connectivity index (χ3n) is 4.66. The van der Waals surface area contributed by atoms with E-state index in [9.17, 15) is 9.59 Å². The van der Waals surface area contributed by atoms with Gasteiger partial charge in [-0.2, -0.15) is 0 Å². The predicted molar refractivity (Wildman–Crippen MR) is 90.2 cm³/mol. The average Bonchev–Trinajstić information content (AvgIpc) is 2.54. The van der Waals surface area contributed by atoms with E-state index in [1.165, 1.54) is 6.07 Å². The smallest absolute Gasteiger partial charge is 0.336 e. The normalized spacial score (nSPS) is 20.1. The van der Waals surface area contributed by atoms with E-state index in [0.717, 1.165) is 17.4 Å². The highest BCUT2D eigenvalue weighted by atomic mass is 16.6. The molecule has 5 nitrogen and oxygen atoms in total. The topological polar surface area (TPSA) is 65.7 Å². The van der Waals surface area contributed by atoms with Crippen LogP contribution in [0, 0.1) is 5.92 Å². The minimum atomic E-state index is -0.654. The monoisotopic (exact) mass is 330 g/mol. The van der Waals surface area contributed by atoms with Crippen LogP contribution in [0.2, 0.25) is 0 Å². The first-order chi connectivity index (χ1) is 11.3. The number of fused-ring (bicyclic) bond motifs is 3. The number of esters is 1. The molecular weight excluding hydrogens is 308 g/mol. The molecule has 0 unspecified atom stereocenters. The average molecular weight is 330 g/mol. The molecule has 1 aromatic carbocycles. The number of hydrogen-bond donors (Lipinski definition) is 0. The van der Waals surface area contributed by atoms with Crippen LogP contribution in [0.15, 0.2) is 33.5 Å². The molecule has 0 saturated carbocycles. The summed E-state index contributed by atoms with van der Waals surface area (Å²) in [4.78, 5) is 23.8. The zero-order valence-electron chi connectivity index (χ0n) is 14.4. The maximum atomic E-state index is 12.2. The molecule has 0 amide bonds. The minimum Gasteiger partial charge on any atom is -0.484 e. The van der Waals surface area contributed by atoms with Gasteiger partial charge in [-0.1, -0.05) is 13.8 Å². The number of benzene rings is 1. The molecule has 1 aliphatic heterocycles. The number of carbonyl (C=O) groups is 1. The Morgan fingerprint density at radius 3 is 2.75 bits per heavy atom. The highest BCUT2D eigenvalue weighted by molar-refractivity contribution is 5.82. The fourth-order valence-electron chi connectivity index (χ4n) is 2.85. The lowest BCUT2D eigenvalue weighted by molar-refractivity contribution is -0.165. The third kappa shape index (κ3) is 2.90. The number of hydrogen-bond acceptors (Lipinski definition) is 5. The van der Waals surface area contributed by atoms with Gasteiger partial charge in [0.25, 0.3) is 0 Å². The van der Waals surface area contributed by atoms with Gasteiger partial charge in [0.1, 0.15) is 23.0 Å². The van der Waals surface area contributed by atoms with Crippen molar-refractivity contribution in [2.75, 3.05) is 0 Å². The molecule has 0 radical (unpaired) electrons. The van der Waals surface area contributed by atoms with E-state index in [4.69, 9.17) is 13.9 Å². The van der Waals surface area contributed by atoms with E-state index in [1.54, 1.807) is 6.07 Å². The maximum Gasteiger partial charge on any atom is 0.336 e. The molecule has 0 N–H and O–H groups in total. The molecule has 2 heterocycles. The van der Waals surface area contributed by atoms with Crippen molar-refractivity contribution in [2.45, 2.75) is 52.2 Å². The van der Waals surface area contributed by atoms with Crippen LogP contribution >= 0.6 is 0 Å². The van der Waals surface area contributed by atoms with Crippen LogP contribution in [0.5, 0.6) is 5.75 Å². The van der Waals surface area contributed by atoms with E-state index >= 15 is 0 Å². The van der Waals surface area contributed by atoms with Crippen molar-refractivity contribution in [3.05, 3.63) is 40.2 Å². The third-order valence-corrected chi connectivity index (χ3v) is 4.66. The first-order valence-corrected chi connectivity index (χ1v) is 8.27. The second kappa shape index (κ2) is 5.96. The lowest BCUT2D eigenvalue weighted by Crippen LogP contribution is -2.49. The Kier molecular flexibility index (Phi) is 4.11. The molecule has 0 bridgehead atoms. The molecule has 3 rings (SSSR count). The van der Waals surface area contributed by atoms with Gasteiger partial charge in [-0.05, 0) is 38.5 Å². The van der Waals surface area contributed by atoms with Crippen molar-refractivity contribution >= 4 is 16.9 Å².